The molecule has 1 unspecified atom stereocenters. The smallest absolute Gasteiger partial charge is 0.449 e. The number of carbonyl (C=O) groups excluding carboxylic acids is 1. The van der Waals surface area contributed by atoms with Gasteiger partial charge in [0.15, 0.2) is 0 Å². The Hall–Kier alpha value is -3.42. The van der Waals surface area contributed by atoms with Gasteiger partial charge in [0.25, 0.3) is 0 Å². The summed E-state index contributed by atoms with van der Waals surface area (Å²) in [5.74, 6) is 0.266. The molecule has 1 saturated heterocycles. The van der Waals surface area contributed by atoms with Crippen LogP contribution in [-0.2, 0) is 6.42 Å². The molecular weight excluding hydrogens is 478 g/mol. The van der Waals surface area contributed by atoms with E-state index >= 15 is 0 Å². The summed E-state index contributed by atoms with van der Waals surface area (Å²) < 4.78 is 5.16. The van der Waals surface area contributed by atoms with Gasteiger partial charge in [-0.1, -0.05) is 29.8 Å². The van der Waals surface area contributed by atoms with E-state index in [1.807, 2.05) is 37.4 Å². The topological polar surface area (TPSA) is 79.7 Å². The van der Waals surface area contributed by atoms with E-state index in [1.165, 1.54) is 0 Å². The number of carbonyl (C=O) groups is 2. The first-order valence-electron chi connectivity index (χ1n) is 12.2. The lowest BCUT2D eigenvalue weighted by atomic mass is 9.93. The Bertz CT molecular complexity index is 1280. The lowest BCUT2D eigenvalue weighted by molar-refractivity contribution is -0.887. The van der Waals surface area contributed by atoms with Crippen molar-refractivity contribution in [2.45, 2.75) is 37.8 Å². The highest BCUT2D eigenvalue weighted by atomic mass is 35.5. The third-order valence-corrected chi connectivity index (χ3v) is 8.14. The number of hydrogen-bond acceptors (Lipinski definition) is 5. The van der Waals surface area contributed by atoms with Crippen LogP contribution in [0.15, 0.2) is 67.0 Å². The molecule has 2 atom stereocenters. The fourth-order valence-electron chi connectivity index (χ4n) is 5.95. The van der Waals surface area contributed by atoms with Crippen molar-refractivity contribution in [2.24, 2.45) is 0 Å². The number of benzene rings is 2. The van der Waals surface area contributed by atoms with Crippen molar-refractivity contribution >= 4 is 29.4 Å². The van der Waals surface area contributed by atoms with Crippen molar-refractivity contribution in [1.82, 2.24) is 4.98 Å². The first-order chi connectivity index (χ1) is 17.4. The molecule has 0 spiro atoms. The minimum absolute atomic E-state index is 0.00892. The molecule has 1 N–H and O–H groups in total. The van der Waals surface area contributed by atoms with Gasteiger partial charge in [-0.3, -0.25) is 4.98 Å². The van der Waals surface area contributed by atoms with Gasteiger partial charge in [-0.25, -0.2) is 14.1 Å². The van der Waals surface area contributed by atoms with Gasteiger partial charge in [0.05, 0.1) is 23.7 Å². The van der Waals surface area contributed by atoms with Gasteiger partial charge >= 0.3 is 12.1 Å². The number of carboxylic acid groups (broad SMARTS) is 1. The molecule has 0 radical (unpaired) electrons. The van der Waals surface area contributed by atoms with Crippen LogP contribution < -0.4 is 9.64 Å². The van der Waals surface area contributed by atoms with Crippen molar-refractivity contribution in [3.8, 4) is 5.75 Å². The predicted octanol–water partition coefficient (Wildman–Crippen LogP) is 5.74. The van der Waals surface area contributed by atoms with Crippen LogP contribution in [0.1, 0.15) is 46.8 Å². The number of nitrogens with zero attached hydrogens (tertiary/aromatic N) is 3. The molecule has 1 aliphatic carbocycles. The summed E-state index contributed by atoms with van der Waals surface area (Å²) in [5.41, 5.74) is 3.76. The molecule has 2 aliphatic rings. The number of aryl methyl sites for hydroxylation is 1. The Labute approximate surface area is 215 Å². The lowest BCUT2D eigenvalue weighted by Crippen LogP contribution is -2.60. The Morgan fingerprint density at radius 1 is 1.06 bits per heavy atom. The normalized spacial score (nSPS) is 19.4. The number of halogens is 1. The Balaban J connectivity index is 1.52. The summed E-state index contributed by atoms with van der Waals surface area (Å²) in [6, 6.07) is 16.6. The first-order valence-corrected chi connectivity index (χ1v) is 12.6. The third-order valence-electron chi connectivity index (χ3n) is 7.81. The van der Waals surface area contributed by atoms with E-state index in [0.29, 0.717) is 10.6 Å². The summed E-state index contributed by atoms with van der Waals surface area (Å²) in [4.78, 5) is 32.0. The quantitative estimate of drug-likeness (QED) is 0.270. The van der Waals surface area contributed by atoms with Crippen LogP contribution in [0.3, 0.4) is 0 Å². The zero-order valence-electron chi connectivity index (χ0n) is 20.1. The molecule has 0 bridgehead atoms. The predicted molar refractivity (Wildman–Crippen MR) is 138 cm³/mol. The van der Waals surface area contributed by atoms with E-state index in [9.17, 15) is 9.59 Å². The Morgan fingerprint density at radius 2 is 1.78 bits per heavy atom. The van der Waals surface area contributed by atoms with Crippen LogP contribution in [0, 0.1) is 0 Å². The maximum absolute atomic E-state index is 14.3. The number of pyridine rings is 1. The molecule has 1 aromatic heterocycles. The zero-order valence-corrected chi connectivity index (χ0v) is 20.9. The molecule has 36 heavy (non-hydrogen) atoms. The molecule has 2 heterocycles. The standard InChI is InChI=1S/C28H28ClN3O4/c1-32(27(33)23-4-2-3-5-25(23)29,21-12-16-31(17-13-21)20-10-14-30-15-11-20)26-9-7-19-6-8-22(18-24(19)26)36-28(34)35/h2-6,8,10-11,14-15,18,21,26H,7,9,12-13,16-17H2,1H3/p+1/t26-,32?/m1/s1. The van der Waals surface area contributed by atoms with E-state index < -0.39 is 6.16 Å². The minimum Gasteiger partial charge on any atom is -0.449 e. The maximum atomic E-state index is 14.3. The zero-order chi connectivity index (χ0) is 25.3. The number of aromatic nitrogens is 1. The summed E-state index contributed by atoms with van der Waals surface area (Å²) >= 11 is 6.53. The molecule has 8 heteroatoms. The van der Waals surface area contributed by atoms with Crippen LogP contribution in [0.4, 0.5) is 10.5 Å². The Morgan fingerprint density at radius 3 is 2.47 bits per heavy atom. The summed E-state index contributed by atoms with van der Waals surface area (Å²) in [6.07, 6.45) is 5.55. The van der Waals surface area contributed by atoms with Gasteiger partial charge in [-0.15, -0.1) is 0 Å². The van der Waals surface area contributed by atoms with E-state index in [0.717, 1.165) is 55.6 Å². The molecule has 1 fully saturated rings. The number of hydrogen-bond donors (Lipinski definition) is 1. The molecule has 7 nitrogen and oxygen atoms in total. The molecule has 1 amide bonds. The fourth-order valence-corrected chi connectivity index (χ4v) is 6.17. The highest BCUT2D eigenvalue weighted by Crippen LogP contribution is 2.46. The van der Waals surface area contributed by atoms with E-state index in [2.05, 4.69) is 9.88 Å². The lowest BCUT2D eigenvalue weighted by Gasteiger charge is -2.47. The average Bonchev–Trinajstić information content (AvgIpc) is 3.32. The molecular formula is C28H29ClN3O4+. The van der Waals surface area contributed by atoms with Crippen LogP contribution in [0.5, 0.6) is 5.75 Å². The van der Waals surface area contributed by atoms with Crippen molar-refractivity contribution in [3.63, 3.8) is 0 Å². The highest BCUT2D eigenvalue weighted by molar-refractivity contribution is 6.33. The van der Waals surface area contributed by atoms with Crippen LogP contribution in [-0.4, -0.2) is 52.8 Å². The van der Waals surface area contributed by atoms with Gasteiger partial charge in [-0.05, 0) is 48.4 Å². The summed E-state index contributed by atoms with van der Waals surface area (Å²) in [6.45, 7) is 1.67. The fraction of sp³-hybridized carbons (Fsp3) is 0.321. The highest BCUT2D eigenvalue weighted by Gasteiger charge is 2.51. The van der Waals surface area contributed by atoms with Gasteiger partial charge in [0, 0.05) is 56.0 Å². The van der Waals surface area contributed by atoms with Gasteiger partial charge < -0.3 is 14.7 Å². The molecule has 3 aromatic rings. The molecule has 5 rings (SSSR count). The van der Waals surface area contributed by atoms with Crippen molar-refractivity contribution in [1.29, 1.82) is 0 Å². The number of anilines is 1. The van der Waals surface area contributed by atoms with Gasteiger partial charge in [0.2, 0.25) is 0 Å². The summed E-state index contributed by atoms with van der Waals surface area (Å²) in [7, 11) is 2.03. The number of amides is 1. The van der Waals surface area contributed by atoms with Crippen molar-refractivity contribution in [3.05, 3.63) is 88.7 Å². The van der Waals surface area contributed by atoms with Gasteiger partial charge in [-0.2, -0.15) is 0 Å². The van der Waals surface area contributed by atoms with Crippen molar-refractivity contribution < 1.29 is 23.9 Å². The average molecular weight is 507 g/mol. The van der Waals surface area contributed by atoms with Gasteiger partial charge in [0.1, 0.15) is 11.8 Å². The maximum Gasteiger partial charge on any atom is 0.511 e. The molecule has 2 aromatic carbocycles. The van der Waals surface area contributed by atoms with Crippen LogP contribution in [0.25, 0.3) is 0 Å². The monoisotopic (exact) mass is 506 g/mol. The molecule has 186 valence electrons. The van der Waals surface area contributed by atoms with E-state index in [-0.39, 0.29) is 28.2 Å². The molecule has 0 saturated carbocycles. The van der Waals surface area contributed by atoms with Crippen LogP contribution in [0.2, 0.25) is 5.02 Å². The minimum atomic E-state index is -1.35. The summed E-state index contributed by atoms with van der Waals surface area (Å²) in [5, 5.41) is 9.57. The number of piperidine rings is 1. The number of fused-ring (bicyclic) bond motifs is 1. The molecule has 1 aliphatic heterocycles. The second-order valence-corrected chi connectivity index (χ2v) is 10.0. The second-order valence-electron chi connectivity index (χ2n) is 9.64. The Kier molecular flexibility index (Phi) is 6.69. The SMILES string of the molecule is C[N+](C(=O)c1ccccc1Cl)(C1CCN(c2ccncc2)CC1)[C@@H]1CCc2ccc(OC(=O)O)cc21. The number of ether oxygens (including phenoxy) is 1. The van der Waals surface area contributed by atoms with E-state index in [1.54, 1.807) is 36.7 Å². The van der Waals surface area contributed by atoms with Crippen LogP contribution >= 0.6 is 11.6 Å². The number of quaternary nitrogens is 1. The second kappa shape index (κ2) is 9.91. The third kappa shape index (κ3) is 4.45. The van der Waals surface area contributed by atoms with Crippen molar-refractivity contribution in [2.75, 3.05) is 25.0 Å². The first kappa shape index (κ1) is 24.3. The number of rotatable bonds is 5. The largest absolute Gasteiger partial charge is 0.511 e. The van der Waals surface area contributed by atoms with E-state index in [4.69, 9.17) is 21.4 Å².